The van der Waals surface area contributed by atoms with Gasteiger partial charge >= 0.3 is 0 Å². The number of benzene rings is 1. The molecule has 1 heterocycles. The number of hydrogen-bond donors (Lipinski definition) is 0. The maximum atomic E-state index is 13.7. The summed E-state index contributed by atoms with van der Waals surface area (Å²) in [6.45, 7) is 0. The second kappa shape index (κ2) is 5.83. The number of hydrogen-bond acceptors (Lipinski definition) is 5. The lowest BCUT2D eigenvalue weighted by atomic mass is 10.1. The van der Waals surface area contributed by atoms with Crippen molar-refractivity contribution in [3.8, 4) is 11.8 Å². The second-order valence-corrected chi connectivity index (χ2v) is 4.10. The van der Waals surface area contributed by atoms with E-state index in [1.165, 1.54) is 32.5 Å². The Labute approximate surface area is 119 Å². The molecule has 2 rings (SSSR count). The van der Waals surface area contributed by atoms with Gasteiger partial charge in [0.05, 0.1) is 31.0 Å². The third-order valence-electron chi connectivity index (χ3n) is 2.53. The van der Waals surface area contributed by atoms with Gasteiger partial charge in [0.1, 0.15) is 5.82 Å². The van der Waals surface area contributed by atoms with Crippen LogP contribution in [0.2, 0.25) is 5.02 Å². The molecular formula is C13H10ClFN2O3. The van der Waals surface area contributed by atoms with E-state index in [0.29, 0.717) is 0 Å². The number of ether oxygens (including phenoxy) is 2. The molecule has 1 aromatic carbocycles. The molecule has 0 aliphatic carbocycles. The average Bonchev–Trinajstić information content (AvgIpc) is 2.46. The summed E-state index contributed by atoms with van der Waals surface area (Å²) in [6.07, 6.45) is 1.24. The molecule has 0 atom stereocenters. The number of nitrogens with zero attached hydrogens (tertiary/aromatic N) is 2. The van der Waals surface area contributed by atoms with Crippen molar-refractivity contribution in [3.63, 3.8) is 0 Å². The first-order valence-electron chi connectivity index (χ1n) is 5.52. The maximum absolute atomic E-state index is 13.7. The van der Waals surface area contributed by atoms with E-state index < -0.39 is 11.6 Å². The van der Waals surface area contributed by atoms with Crippen LogP contribution in [-0.2, 0) is 0 Å². The molecule has 0 aliphatic heterocycles. The van der Waals surface area contributed by atoms with Gasteiger partial charge < -0.3 is 9.47 Å². The summed E-state index contributed by atoms with van der Waals surface area (Å²) in [6, 6.07) is 3.97. The standard InChI is InChI=1S/C13H10ClFN2O3/c1-19-9-6-16-11(13(17-9)20-2)12(18)10-7(14)4-3-5-8(10)15/h3-6H,1-2H3. The number of halogens is 2. The van der Waals surface area contributed by atoms with Crippen LogP contribution in [0, 0.1) is 5.82 Å². The minimum Gasteiger partial charge on any atom is -0.480 e. The first-order chi connectivity index (χ1) is 9.58. The molecule has 0 unspecified atom stereocenters. The number of carbonyl (C=O) groups is 1. The van der Waals surface area contributed by atoms with Crippen LogP contribution in [0.15, 0.2) is 24.4 Å². The summed E-state index contributed by atoms with van der Waals surface area (Å²) in [5.41, 5.74) is -0.410. The highest BCUT2D eigenvalue weighted by Gasteiger charge is 2.23. The molecule has 0 bridgehead atoms. The highest BCUT2D eigenvalue weighted by Crippen LogP contribution is 2.25. The van der Waals surface area contributed by atoms with Gasteiger partial charge in [-0.05, 0) is 12.1 Å². The van der Waals surface area contributed by atoms with Crippen LogP contribution in [0.25, 0.3) is 0 Å². The Balaban J connectivity index is 2.54. The third kappa shape index (κ3) is 2.55. The molecule has 5 nitrogen and oxygen atoms in total. The molecule has 0 spiro atoms. The second-order valence-electron chi connectivity index (χ2n) is 3.70. The Hall–Kier alpha value is -2.21. The van der Waals surface area contributed by atoms with Crippen molar-refractivity contribution in [2.24, 2.45) is 0 Å². The van der Waals surface area contributed by atoms with Crippen molar-refractivity contribution in [1.29, 1.82) is 0 Å². The summed E-state index contributed by atoms with van der Waals surface area (Å²) in [5.74, 6) is -1.33. The zero-order valence-electron chi connectivity index (χ0n) is 10.7. The predicted octanol–water partition coefficient (Wildman–Crippen LogP) is 2.52. The minimum absolute atomic E-state index is 0.00493. The van der Waals surface area contributed by atoms with Crippen molar-refractivity contribution in [2.75, 3.05) is 14.2 Å². The largest absolute Gasteiger partial charge is 0.480 e. The topological polar surface area (TPSA) is 61.3 Å². The fourth-order valence-corrected chi connectivity index (χ4v) is 1.84. The number of methoxy groups -OCH3 is 2. The van der Waals surface area contributed by atoms with Crippen molar-refractivity contribution in [1.82, 2.24) is 9.97 Å². The number of carbonyl (C=O) groups excluding carboxylic acids is 1. The molecule has 0 saturated carbocycles. The quantitative estimate of drug-likeness (QED) is 0.811. The lowest BCUT2D eigenvalue weighted by Gasteiger charge is -2.08. The van der Waals surface area contributed by atoms with Crippen molar-refractivity contribution in [3.05, 3.63) is 46.5 Å². The lowest BCUT2D eigenvalue weighted by molar-refractivity contribution is 0.102. The van der Waals surface area contributed by atoms with Gasteiger partial charge in [0.25, 0.3) is 0 Å². The van der Waals surface area contributed by atoms with Crippen LogP contribution in [0.4, 0.5) is 4.39 Å². The molecule has 2 aromatic rings. The number of ketones is 1. The Morgan fingerprint density at radius 1 is 1.30 bits per heavy atom. The van der Waals surface area contributed by atoms with Gasteiger partial charge in [-0.25, -0.2) is 9.37 Å². The van der Waals surface area contributed by atoms with Gasteiger partial charge in [-0.3, -0.25) is 4.79 Å². The monoisotopic (exact) mass is 296 g/mol. The fourth-order valence-electron chi connectivity index (χ4n) is 1.59. The molecule has 0 aliphatic rings. The smallest absolute Gasteiger partial charge is 0.247 e. The Bertz CT molecular complexity index is 644. The van der Waals surface area contributed by atoms with E-state index in [-0.39, 0.29) is 28.0 Å². The molecule has 0 N–H and O–H groups in total. The SMILES string of the molecule is COc1cnc(C(=O)c2c(F)cccc2Cl)c(OC)n1. The predicted molar refractivity (Wildman–Crippen MR) is 70.0 cm³/mol. The lowest BCUT2D eigenvalue weighted by Crippen LogP contribution is -2.11. The van der Waals surface area contributed by atoms with Crippen molar-refractivity contribution >= 4 is 17.4 Å². The highest BCUT2D eigenvalue weighted by atomic mass is 35.5. The Morgan fingerprint density at radius 2 is 2.05 bits per heavy atom. The summed E-state index contributed by atoms with van der Waals surface area (Å²) >= 11 is 5.85. The minimum atomic E-state index is -0.734. The van der Waals surface area contributed by atoms with E-state index in [0.717, 1.165) is 6.07 Å². The molecule has 0 radical (unpaired) electrons. The zero-order valence-corrected chi connectivity index (χ0v) is 11.4. The Morgan fingerprint density at radius 3 is 2.65 bits per heavy atom. The van der Waals surface area contributed by atoms with Gasteiger partial charge in [-0.15, -0.1) is 0 Å². The van der Waals surface area contributed by atoms with E-state index in [2.05, 4.69) is 9.97 Å². The van der Waals surface area contributed by atoms with Gasteiger partial charge in [-0.1, -0.05) is 17.7 Å². The number of rotatable bonds is 4. The summed E-state index contributed by atoms with van der Waals surface area (Å²) in [4.78, 5) is 20.1. The molecule has 0 saturated heterocycles. The molecule has 104 valence electrons. The van der Waals surface area contributed by atoms with Crippen LogP contribution in [0.3, 0.4) is 0 Å². The van der Waals surface area contributed by atoms with E-state index >= 15 is 0 Å². The zero-order chi connectivity index (χ0) is 14.7. The average molecular weight is 297 g/mol. The van der Waals surface area contributed by atoms with E-state index in [1.54, 1.807) is 0 Å². The van der Waals surface area contributed by atoms with Crippen molar-refractivity contribution in [2.45, 2.75) is 0 Å². The van der Waals surface area contributed by atoms with Crippen LogP contribution in [0.1, 0.15) is 16.1 Å². The third-order valence-corrected chi connectivity index (χ3v) is 2.84. The fraction of sp³-hybridized carbons (Fsp3) is 0.154. The van der Waals surface area contributed by atoms with Gasteiger partial charge in [-0.2, -0.15) is 4.98 Å². The van der Waals surface area contributed by atoms with Crippen LogP contribution in [0.5, 0.6) is 11.8 Å². The maximum Gasteiger partial charge on any atom is 0.247 e. The molecular weight excluding hydrogens is 287 g/mol. The van der Waals surface area contributed by atoms with E-state index in [4.69, 9.17) is 21.1 Å². The van der Waals surface area contributed by atoms with Crippen LogP contribution < -0.4 is 9.47 Å². The number of aromatic nitrogens is 2. The van der Waals surface area contributed by atoms with Gasteiger partial charge in [0, 0.05) is 0 Å². The first-order valence-corrected chi connectivity index (χ1v) is 5.90. The summed E-state index contributed by atoms with van der Waals surface area (Å²) in [5, 5.41) is -0.00493. The normalized spacial score (nSPS) is 10.2. The van der Waals surface area contributed by atoms with Gasteiger partial charge in [0.2, 0.25) is 17.5 Å². The highest BCUT2D eigenvalue weighted by molar-refractivity contribution is 6.35. The Kier molecular flexibility index (Phi) is 4.14. The summed E-state index contributed by atoms with van der Waals surface area (Å²) in [7, 11) is 2.72. The molecule has 1 aromatic heterocycles. The molecule has 0 fully saturated rings. The van der Waals surface area contributed by atoms with E-state index in [9.17, 15) is 9.18 Å². The van der Waals surface area contributed by atoms with Crippen LogP contribution in [-0.4, -0.2) is 30.0 Å². The van der Waals surface area contributed by atoms with Crippen molar-refractivity contribution < 1.29 is 18.7 Å². The molecule has 20 heavy (non-hydrogen) atoms. The van der Waals surface area contributed by atoms with E-state index in [1.807, 2.05) is 0 Å². The first kappa shape index (κ1) is 14.2. The van der Waals surface area contributed by atoms with Gasteiger partial charge in [0.15, 0.2) is 5.69 Å². The van der Waals surface area contributed by atoms with Crippen LogP contribution >= 0.6 is 11.6 Å². The summed E-state index contributed by atoms with van der Waals surface area (Å²) < 4.78 is 23.6. The molecule has 7 heteroatoms. The molecule has 0 amide bonds.